The van der Waals surface area contributed by atoms with Crippen LogP contribution in [0.15, 0.2) is 89.2 Å². The Hall–Kier alpha value is -4.32. The number of allylic oxidation sites excluding steroid dienone is 2. The molecule has 40 heavy (non-hydrogen) atoms. The maximum absolute atomic E-state index is 10.1. The number of nitriles is 2. The van der Waals surface area contributed by atoms with Gasteiger partial charge in [0, 0.05) is 34.6 Å². The summed E-state index contributed by atoms with van der Waals surface area (Å²) in [5, 5.41) is 19.7. The number of hydrogen-bond donors (Lipinski definition) is 0. The van der Waals surface area contributed by atoms with E-state index in [4.69, 9.17) is 4.74 Å². The predicted molar refractivity (Wildman–Crippen MR) is 167 cm³/mol. The first kappa shape index (κ1) is 28.7. The van der Waals surface area contributed by atoms with E-state index in [9.17, 15) is 10.5 Å². The van der Waals surface area contributed by atoms with Gasteiger partial charge < -0.3 is 9.64 Å². The van der Waals surface area contributed by atoms with Gasteiger partial charge in [0.05, 0.1) is 11.6 Å². The lowest BCUT2D eigenvalue weighted by Gasteiger charge is -2.27. The van der Waals surface area contributed by atoms with Gasteiger partial charge in [0.25, 0.3) is 0 Å². The van der Waals surface area contributed by atoms with Crippen molar-refractivity contribution in [3.8, 4) is 12.1 Å². The van der Waals surface area contributed by atoms with E-state index in [-0.39, 0.29) is 0 Å². The van der Waals surface area contributed by atoms with E-state index in [1.54, 1.807) is 18.3 Å². The maximum Gasteiger partial charge on any atom is 0.158 e. The van der Waals surface area contributed by atoms with Crippen LogP contribution in [0, 0.1) is 22.7 Å². The molecule has 0 amide bonds. The number of hydrogen-bond acceptors (Lipinski definition) is 5. The van der Waals surface area contributed by atoms with Crippen LogP contribution in [-0.4, -0.2) is 13.6 Å². The van der Waals surface area contributed by atoms with E-state index in [1.165, 1.54) is 11.3 Å². The van der Waals surface area contributed by atoms with Gasteiger partial charge in [0.2, 0.25) is 0 Å². The predicted octanol–water partition coefficient (Wildman–Crippen LogP) is 8.90. The van der Waals surface area contributed by atoms with E-state index >= 15 is 0 Å². The topological polar surface area (TPSA) is 60.0 Å². The molecule has 4 rings (SSSR count). The third-order valence-electron chi connectivity index (χ3n) is 7.24. The van der Waals surface area contributed by atoms with Crippen LogP contribution in [0.1, 0.15) is 60.6 Å². The van der Waals surface area contributed by atoms with Crippen molar-refractivity contribution in [2.75, 3.05) is 18.5 Å². The molecule has 5 heteroatoms. The highest BCUT2D eigenvalue weighted by Crippen LogP contribution is 2.47. The van der Waals surface area contributed by atoms with Crippen LogP contribution in [0.5, 0.6) is 0 Å². The normalized spacial score (nSPS) is 18.2. The highest BCUT2D eigenvalue weighted by Gasteiger charge is 2.43. The minimum atomic E-state index is -0.876. The lowest BCUT2D eigenvalue weighted by molar-refractivity contribution is 0.0750. The second-order valence-corrected chi connectivity index (χ2v) is 11.2. The molecule has 1 aliphatic rings. The second-order valence-electron chi connectivity index (χ2n) is 10.1. The zero-order chi connectivity index (χ0) is 28.7. The van der Waals surface area contributed by atoms with Crippen LogP contribution < -0.4 is 4.90 Å². The van der Waals surface area contributed by atoms with E-state index in [2.05, 4.69) is 111 Å². The van der Waals surface area contributed by atoms with Gasteiger partial charge in [-0.2, -0.15) is 10.5 Å². The van der Waals surface area contributed by atoms with Crippen LogP contribution in [0.25, 0.3) is 18.2 Å². The standard InChI is InChI=1S/C35H35N3OS/c1-6-22-38(5)29-15-10-27(11-16-29)12-17-30-18-19-31(40-30)20-21-33-32(24-37)34(25(3)23-36)39-35(33,4)28-13-8-26(7-2)9-14-28/h8-21H,6-7,22H2,1-5H3/b17-12+,21-20+,34-25-. The number of anilines is 1. The summed E-state index contributed by atoms with van der Waals surface area (Å²) in [6, 6.07) is 25.5. The minimum Gasteiger partial charge on any atom is -0.476 e. The van der Waals surface area contributed by atoms with Crippen LogP contribution in [0.4, 0.5) is 5.69 Å². The molecule has 0 saturated heterocycles. The molecule has 2 aromatic carbocycles. The Morgan fingerprint density at radius 3 is 2.15 bits per heavy atom. The Morgan fingerprint density at radius 2 is 1.57 bits per heavy atom. The Bertz CT molecular complexity index is 1560. The van der Waals surface area contributed by atoms with Crippen molar-refractivity contribution in [3.63, 3.8) is 0 Å². The molecule has 2 heterocycles. The van der Waals surface area contributed by atoms with Crippen molar-refractivity contribution in [3.05, 3.63) is 116 Å². The molecule has 202 valence electrons. The summed E-state index contributed by atoms with van der Waals surface area (Å²) in [5.74, 6) is 0.355. The highest BCUT2D eigenvalue weighted by atomic mass is 32.1. The zero-order valence-corrected chi connectivity index (χ0v) is 24.7. The van der Waals surface area contributed by atoms with Gasteiger partial charge >= 0.3 is 0 Å². The second kappa shape index (κ2) is 12.7. The molecule has 0 spiro atoms. The smallest absolute Gasteiger partial charge is 0.158 e. The van der Waals surface area contributed by atoms with Crippen LogP contribution in [0.2, 0.25) is 0 Å². The van der Waals surface area contributed by atoms with Gasteiger partial charge in [-0.15, -0.1) is 11.3 Å². The average molecular weight is 546 g/mol. The van der Waals surface area contributed by atoms with Crippen LogP contribution in [0.3, 0.4) is 0 Å². The number of rotatable bonds is 9. The SMILES string of the molecule is CCCN(C)c1ccc(/C=C/c2ccc(/C=C/C3=C(C#N)C(=C(\C)C#N)/OC3(C)c3ccc(CC)cc3)s2)cc1. The number of ether oxygens (including phenoxy) is 1. The van der Waals surface area contributed by atoms with Crippen molar-refractivity contribution in [1.82, 2.24) is 0 Å². The van der Waals surface area contributed by atoms with E-state index in [0.717, 1.165) is 45.8 Å². The van der Waals surface area contributed by atoms with Crippen molar-refractivity contribution in [2.24, 2.45) is 0 Å². The molecule has 4 nitrogen and oxygen atoms in total. The molecule has 3 aromatic rings. The molecule has 0 radical (unpaired) electrons. The van der Waals surface area contributed by atoms with Crippen molar-refractivity contribution >= 4 is 35.3 Å². The van der Waals surface area contributed by atoms with Crippen LogP contribution >= 0.6 is 11.3 Å². The van der Waals surface area contributed by atoms with Crippen molar-refractivity contribution in [2.45, 2.75) is 46.1 Å². The van der Waals surface area contributed by atoms with E-state index in [1.807, 2.05) is 19.1 Å². The molecule has 1 atom stereocenters. The summed E-state index contributed by atoms with van der Waals surface area (Å²) < 4.78 is 6.39. The van der Waals surface area contributed by atoms with Crippen molar-refractivity contribution in [1.29, 1.82) is 10.5 Å². The fourth-order valence-corrected chi connectivity index (χ4v) is 5.62. The summed E-state index contributed by atoms with van der Waals surface area (Å²) in [6.45, 7) is 9.01. The monoisotopic (exact) mass is 545 g/mol. The molecule has 0 bridgehead atoms. The van der Waals surface area contributed by atoms with Gasteiger partial charge in [0.1, 0.15) is 11.6 Å². The minimum absolute atomic E-state index is 0.355. The van der Waals surface area contributed by atoms with Gasteiger partial charge in [-0.1, -0.05) is 62.4 Å². The number of nitrogens with zero attached hydrogens (tertiary/aromatic N) is 3. The zero-order valence-electron chi connectivity index (χ0n) is 23.9. The van der Waals surface area contributed by atoms with E-state index in [0.29, 0.717) is 16.9 Å². The first-order valence-corrected chi connectivity index (χ1v) is 14.5. The number of aryl methyl sites for hydroxylation is 1. The first-order chi connectivity index (χ1) is 19.3. The quantitative estimate of drug-likeness (QED) is 0.252. The molecule has 0 N–H and O–H groups in total. The first-order valence-electron chi connectivity index (χ1n) is 13.6. The van der Waals surface area contributed by atoms with Crippen molar-refractivity contribution < 1.29 is 4.74 Å². The highest BCUT2D eigenvalue weighted by molar-refractivity contribution is 7.13. The van der Waals surface area contributed by atoms with Gasteiger partial charge in [-0.25, -0.2) is 0 Å². The summed E-state index contributed by atoms with van der Waals surface area (Å²) in [5.41, 5.74) is 5.23. The molecule has 0 fully saturated rings. The largest absolute Gasteiger partial charge is 0.476 e. The van der Waals surface area contributed by atoms with Gasteiger partial charge in [0.15, 0.2) is 11.4 Å². The molecule has 0 saturated carbocycles. The summed E-state index contributed by atoms with van der Waals surface area (Å²) in [4.78, 5) is 4.47. The number of benzene rings is 2. The van der Waals surface area contributed by atoms with Gasteiger partial charge in [-0.3, -0.25) is 0 Å². The summed E-state index contributed by atoms with van der Waals surface area (Å²) in [6.07, 6.45) is 10.3. The Morgan fingerprint density at radius 1 is 0.925 bits per heavy atom. The third-order valence-corrected chi connectivity index (χ3v) is 8.26. The molecule has 1 unspecified atom stereocenters. The molecular formula is C35H35N3OS. The lowest BCUT2D eigenvalue weighted by Crippen LogP contribution is -2.23. The maximum atomic E-state index is 10.1. The molecule has 0 aliphatic carbocycles. The molecule has 1 aliphatic heterocycles. The Balaban J connectivity index is 1.60. The fourth-order valence-electron chi connectivity index (χ4n) is 4.81. The molecule has 1 aromatic heterocycles. The number of thiophene rings is 1. The third kappa shape index (κ3) is 6.12. The lowest BCUT2D eigenvalue weighted by atomic mass is 9.86. The van der Waals surface area contributed by atoms with Gasteiger partial charge in [-0.05, 0) is 79.8 Å². The summed E-state index contributed by atoms with van der Waals surface area (Å²) >= 11 is 1.68. The average Bonchev–Trinajstić information content (AvgIpc) is 3.56. The Labute approximate surface area is 242 Å². The summed E-state index contributed by atoms with van der Waals surface area (Å²) in [7, 11) is 2.12. The fraction of sp³-hybridized carbons (Fsp3) is 0.257. The van der Waals surface area contributed by atoms with Crippen LogP contribution in [-0.2, 0) is 16.8 Å². The Kier molecular flexibility index (Phi) is 9.10. The van der Waals surface area contributed by atoms with E-state index < -0.39 is 5.60 Å². The molecular weight excluding hydrogens is 510 g/mol.